The van der Waals surface area contributed by atoms with Gasteiger partial charge in [0.1, 0.15) is 0 Å². The van der Waals surface area contributed by atoms with Crippen LogP contribution in [0, 0.1) is 0 Å². The lowest BCUT2D eigenvalue weighted by Gasteiger charge is -1.93. The molecule has 0 spiro atoms. The summed E-state index contributed by atoms with van der Waals surface area (Å²) < 4.78 is 1.76. The van der Waals surface area contributed by atoms with E-state index in [0.717, 1.165) is 10.7 Å². The number of thiophene rings is 1. The van der Waals surface area contributed by atoms with E-state index in [-0.39, 0.29) is 0 Å². The van der Waals surface area contributed by atoms with Crippen LogP contribution in [0.2, 0.25) is 0 Å². The van der Waals surface area contributed by atoms with E-state index in [2.05, 4.69) is 10.1 Å². The molecule has 0 saturated heterocycles. The molecule has 2 N–H and O–H groups in total. The Hall–Kier alpha value is -1.20. The van der Waals surface area contributed by atoms with E-state index < -0.39 is 0 Å². The Kier molecular flexibility index (Phi) is 2.12. The van der Waals surface area contributed by atoms with Crippen molar-refractivity contribution < 1.29 is 0 Å². The van der Waals surface area contributed by atoms with Crippen LogP contribution in [0.25, 0.3) is 10.7 Å². The molecule has 0 bridgehead atoms. The van der Waals surface area contributed by atoms with Crippen molar-refractivity contribution in [1.29, 1.82) is 0 Å². The number of aryl methyl sites for hydroxylation is 1. The molecule has 0 atom stereocenters. The van der Waals surface area contributed by atoms with Gasteiger partial charge in [-0.1, -0.05) is 6.07 Å². The van der Waals surface area contributed by atoms with E-state index >= 15 is 0 Å². The molecule has 0 unspecified atom stereocenters. The van der Waals surface area contributed by atoms with Crippen LogP contribution >= 0.6 is 11.3 Å². The summed E-state index contributed by atoms with van der Waals surface area (Å²) in [5, 5.41) is 6.19. The predicted molar refractivity (Wildman–Crippen MR) is 52.2 cm³/mol. The highest BCUT2D eigenvalue weighted by molar-refractivity contribution is 7.13. The molecule has 0 aromatic carbocycles. The Bertz CT molecular complexity index is 390. The molecule has 2 heterocycles. The Balaban J connectivity index is 2.46. The SMILES string of the molecule is Cn1nc(CN)nc1-c1cccs1. The fourth-order valence-corrected chi connectivity index (χ4v) is 1.89. The first-order valence-electron chi connectivity index (χ1n) is 3.95. The van der Waals surface area contributed by atoms with Gasteiger partial charge in [0.05, 0.1) is 11.4 Å². The van der Waals surface area contributed by atoms with Crippen molar-refractivity contribution in [2.45, 2.75) is 6.54 Å². The maximum Gasteiger partial charge on any atom is 0.168 e. The molecule has 5 heteroatoms. The van der Waals surface area contributed by atoms with Gasteiger partial charge in [0.2, 0.25) is 0 Å². The van der Waals surface area contributed by atoms with Crippen molar-refractivity contribution in [1.82, 2.24) is 14.8 Å². The topological polar surface area (TPSA) is 56.7 Å². The Morgan fingerprint density at radius 1 is 1.62 bits per heavy atom. The summed E-state index contributed by atoms with van der Waals surface area (Å²) in [6.45, 7) is 0.388. The van der Waals surface area contributed by atoms with Gasteiger partial charge in [-0.05, 0) is 11.4 Å². The average molecular weight is 194 g/mol. The molecule has 2 aromatic heterocycles. The van der Waals surface area contributed by atoms with Crippen molar-refractivity contribution in [2.24, 2.45) is 12.8 Å². The molecule has 2 aromatic rings. The molecule has 68 valence electrons. The van der Waals surface area contributed by atoms with Gasteiger partial charge in [-0.2, -0.15) is 5.10 Å². The second kappa shape index (κ2) is 3.27. The van der Waals surface area contributed by atoms with E-state index in [1.165, 1.54) is 0 Å². The zero-order valence-electron chi connectivity index (χ0n) is 7.27. The minimum atomic E-state index is 0.388. The third kappa shape index (κ3) is 1.48. The number of aromatic nitrogens is 3. The third-order valence-corrected chi connectivity index (χ3v) is 2.60. The van der Waals surface area contributed by atoms with Crippen molar-refractivity contribution >= 4 is 11.3 Å². The van der Waals surface area contributed by atoms with E-state index in [0.29, 0.717) is 12.4 Å². The molecular formula is C8H10N4S. The molecule has 0 amide bonds. The molecular weight excluding hydrogens is 184 g/mol. The molecule has 4 nitrogen and oxygen atoms in total. The highest BCUT2D eigenvalue weighted by Crippen LogP contribution is 2.21. The zero-order chi connectivity index (χ0) is 9.26. The van der Waals surface area contributed by atoms with Gasteiger partial charge in [-0.25, -0.2) is 9.67 Å². The number of nitrogens with two attached hydrogens (primary N) is 1. The Morgan fingerprint density at radius 3 is 3.00 bits per heavy atom. The van der Waals surface area contributed by atoms with Gasteiger partial charge in [0, 0.05) is 7.05 Å². The van der Waals surface area contributed by atoms with Crippen molar-refractivity contribution in [3.8, 4) is 10.7 Å². The summed E-state index contributed by atoms with van der Waals surface area (Å²) >= 11 is 1.65. The van der Waals surface area contributed by atoms with E-state index in [1.54, 1.807) is 16.0 Å². The van der Waals surface area contributed by atoms with Crippen LogP contribution in [0.5, 0.6) is 0 Å². The fourth-order valence-electron chi connectivity index (χ4n) is 1.14. The molecule has 2 rings (SSSR count). The van der Waals surface area contributed by atoms with E-state index in [1.807, 2.05) is 24.6 Å². The predicted octanol–water partition coefficient (Wildman–Crippen LogP) is 1.00. The standard InChI is InChI=1S/C8H10N4S/c1-12-8(6-3-2-4-13-6)10-7(5-9)11-12/h2-4H,5,9H2,1H3. The monoisotopic (exact) mass is 194 g/mol. The van der Waals surface area contributed by atoms with Crippen LogP contribution in [-0.2, 0) is 13.6 Å². The molecule has 0 aliphatic rings. The number of hydrogen-bond acceptors (Lipinski definition) is 4. The van der Waals surface area contributed by atoms with Crippen LogP contribution < -0.4 is 5.73 Å². The lowest BCUT2D eigenvalue weighted by atomic mass is 10.4. The molecule has 0 aliphatic heterocycles. The first kappa shape index (κ1) is 8.40. The summed E-state index contributed by atoms with van der Waals surface area (Å²) in [6.07, 6.45) is 0. The van der Waals surface area contributed by atoms with Crippen molar-refractivity contribution in [2.75, 3.05) is 0 Å². The molecule has 13 heavy (non-hydrogen) atoms. The van der Waals surface area contributed by atoms with Gasteiger partial charge in [-0.15, -0.1) is 11.3 Å². The molecule has 0 aliphatic carbocycles. The number of nitrogens with zero attached hydrogens (tertiary/aromatic N) is 3. The van der Waals surface area contributed by atoms with Gasteiger partial charge in [-0.3, -0.25) is 0 Å². The summed E-state index contributed by atoms with van der Waals surface area (Å²) in [5.41, 5.74) is 5.45. The van der Waals surface area contributed by atoms with Gasteiger partial charge in [0.15, 0.2) is 11.6 Å². The maximum atomic E-state index is 5.45. The van der Waals surface area contributed by atoms with Gasteiger partial charge in [0.25, 0.3) is 0 Å². The molecule has 0 saturated carbocycles. The highest BCUT2D eigenvalue weighted by Gasteiger charge is 2.08. The summed E-state index contributed by atoms with van der Waals surface area (Å²) in [6, 6.07) is 4.02. The average Bonchev–Trinajstić information content (AvgIpc) is 2.72. The molecule has 0 fully saturated rings. The lowest BCUT2D eigenvalue weighted by molar-refractivity contribution is 0.750. The minimum absolute atomic E-state index is 0.388. The minimum Gasteiger partial charge on any atom is -0.324 e. The first-order valence-corrected chi connectivity index (χ1v) is 4.83. The quantitative estimate of drug-likeness (QED) is 0.776. The second-order valence-electron chi connectivity index (χ2n) is 2.66. The number of rotatable bonds is 2. The fraction of sp³-hybridized carbons (Fsp3) is 0.250. The van der Waals surface area contributed by atoms with Crippen LogP contribution in [0.3, 0.4) is 0 Å². The summed E-state index contributed by atoms with van der Waals surface area (Å²) in [7, 11) is 1.88. The number of hydrogen-bond donors (Lipinski definition) is 1. The summed E-state index contributed by atoms with van der Waals surface area (Å²) in [5.74, 6) is 1.57. The summed E-state index contributed by atoms with van der Waals surface area (Å²) in [4.78, 5) is 5.43. The van der Waals surface area contributed by atoms with Crippen molar-refractivity contribution in [3.05, 3.63) is 23.3 Å². The zero-order valence-corrected chi connectivity index (χ0v) is 8.08. The van der Waals surface area contributed by atoms with Gasteiger partial charge < -0.3 is 5.73 Å². The van der Waals surface area contributed by atoms with Crippen LogP contribution in [0.15, 0.2) is 17.5 Å². The lowest BCUT2D eigenvalue weighted by Crippen LogP contribution is -1.99. The van der Waals surface area contributed by atoms with E-state index in [9.17, 15) is 0 Å². The maximum absolute atomic E-state index is 5.45. The van der Waals surface area contributed by atoms with Crippen molar-refractivity contribution in [3.63, 3.8) is 0 Å². The third-order valence-electron chi connectivity index (χ3n) is 1.73. The Morgan fingerprint density at radius 2 is 2.46 bits per heavy atom. The first-order chi connectivity index (χ1) is 6.31. The van der Waals surface area contributed by atoms with Gasteiger partial charge >= 0.3 is 0 Å². The largest absolute Gasteiger partial charge is 0.324 e. The van der Waals surface area contributed by atoms with Crippen LogP contribution in [0.4, 0.5) is 0 Å². The van der Waals surface area contributed by atoms with Crippen LogP contribution in [-0.4, -0.2) is 14.8 Å². The van der Waals surface area contributed by atoms with E-state index in [4.69, 9.17) is 5.73 Å². The normalized spacial score (nSPS) is 10.6. The second-order valence-corrected chi connectivity index (χ2v) is 3.60. The smallest absolute Gasteiger partial charge is 0.168 e. The molecule has 0 radical (unpaired) electrons. The highest BCUT2D eigenvalue weighted by atomic mass is 32.1. The Labute approximate surface area is 80.0 Å². The van der Waals surface area contributed by atoms with Crippen LogP contribution in [0.1, 0.15) is 5.82 Å².